The first kappa shape index (κ1) is 18.5. The van der Waals surface area contributed by atoms with Crippen LogP contribution in [0.15, 0.2) is 69.8 Å². The summed E-state index contributed by atoms with van der Waals surface area (Å²) in [7, 11) is -2.29. The molecule has 0 amide bonds. The minimum absolute atomic E-state index is 0.148. The molecule has 0 atom stereocenters. The van der Waals surface area contributed by atoms with Crippen molar-refractivity contribution < 1.29 is 13.2 Å². The van der Waals surface area contributed by atoms with Crippen molar-refractivity contribution >= 4 is 32.6 Å². The fraction of sp³-hybridized carbons (Fsp3) is 0.111. The summed E-state index contributed by atoms with van der Waals surface area (Å²) in [6.07, 6.45) is 1.52. The van der Waals surface area contributed by atoms with E-state index in [0.29, 0.717) is 22.5 Å². The molecule has 3 rings (SSSR count). The second-order valence-electron chi connectivity index (χ2n) is 5.75. The van der Waals surface area contributed by atoms with Crippen molar-refractivity contribution in [2.75, 3.05) is 7.11 Å². The Morgan fingerprint density at radius 3 is 2.33 bits per heavy atom. The molecule has 3 aromatic rings. The highest BCUT2D eigenvalue weighted by atomic mass is 32.2. The maximum Gasteiger partial charge on any atom is 0.268 e. The van der Waals surface area contributed by atoms with Gasteiger partial charge in [0, 0.05) is 17.1 Å². The predicted molar refractivity (Wildman–Crippen MR) is 106 cm³/mol. The monoisotopic (exact) mass is 385 g/mol. The molecule has 0 fully saturated rings. The molecule has 0 saturated heterocycles. The summed E-state index contributed by atoms with van der Waals surface area (Å²) in [5.41, 5.74) is 12.3. The third kappa shape index (κ3) is 3.49. The predicted octanol–water partition coefficient (Wildman–Crippen LogP) is 1.88. The van der Waals surface area contributed by atoms with E-state index in [1.54, 1.807) is 31.2 Å². The van der Waals surface area contributed by atoms with Crippen LogP contribution in [0.25, 0.3) is 10.9 Å². The number of fused-ring (bicyclic) bond motifs is 1. The fourth-order valence-electron chi connectivity index (χ4n) is 2.68. The minimum Gasteiger partial charge on any atom is -0.497 e. The summed E-state index contributed by atoms with van der Waals surface area (Å²) >= 11 is 0. The molecule has 1 aromatic heterocycles. The van der Waals surface area contributed by atoms with Crippen LogP contribution in [-0.2, 0) is 10.0 Å². The maximum absolute atomic E-state index is 13.2. The van der Waals surface area contributed by atoms with Crippen LogP contribution < -0.4 is 16.2 Å². The average Bonchev–Trinajstić information content (AvgIpc) is 3.06. The standard InChI is InChI=1S/C18H19N5O3S/c1-12(21-22-18(19)20)16-11-23(17-6-4-3-5-15(16)17)27(24,25)14-9-7-13(26-2)8-10-14/h3-11H,1-2H3,(H4,19,20,22). The number of guanidine groups is 1. The number of hydrogen-bond donors (Lipinski definition) is 2. The van der Waals surface area contributed by atoms with Crippen LogP contribution in [0.2, 0.25) is 0 Å². The van der Waals surface area contributed by atoms with Gasteiger partial charge in [-0.05, 0) is 37.3 Å². The van der Waals surface area contributed by atoms with Crippen molar-refractivity contribution in [3.63, 3.8) is 0 Å². The first-order chi connectivity index (χ1) is 12.8. The zero-order valence-corrected chi connectivity index (χ0v) is 15.6. The SMILES string of the molecule is COc1ccc(S(=O)(=O)n2cc(C(C)=NN=C(N)N)c3ccccc32)cc1. The number of methoxy groups -OCH3 is 1. The van der Waals surface area contributed by atoms with Crippen molar-refractivity contribution in [2.45, 2.75) is 11.8 Å². The van der Waals surface area contributed by atoms with Gasteiger partial charge in [0.15, 0.2) is 0 Å². The Morgan fingerprint density at radius 1 is 1.04 bits per heavy atom. The summed E-state index contributed by atoms with van der Waals surface area (Å²) in [5, 5.41) is 8.33. The number of benzene rings is 2. The molecule has 0 unspecified atom stereocenters. The lowest BCUT2D eigenvalue weighted by Gasteiger charge is -2.08. The fourth-order valence-corrected chi connectivity index (χ4v) is 4.05. The van der Waals surface area contributed by atoms with Gasteiger partial charge in [0.25, 0.3) is 10.0 Å². The summed E-state index contributed by atoms with van der Waals surface area (Å²) in [6, 6.07) is 13.4. The molecule has 9 heteroatoms. The Labute approximate surface area is 156 Å². The molecule has 0 aliphatic rings. The van der Waals surface area contributed by atoms with Crippen molar-refractivity contribution in [3.8, 4) is 5.75 Å². The van der Waals surface area contributed by atoms with Gasteiger partial charge in [-0.2, -0.15) is 5.10 Å². The van der Waals surface area contributed by atoms with Gasteiger partial charge in [-0.3, -0.25) is 0 Å². The molecular weight excluding hydrogens is 366 g/mol. The van der Waals surface area contributed by atoms with Crippen molar-refractivity contribution in [1.29, 1.82) is 0 Å². The number of aromatic nitrogens is 1. The van der Waals surface area contributed by atoms with Gasteiger partial charge >= 0.3 is 0 Å². The molecule has 0 spiro atoms. The van der Waals surface area contributed by atoms with Crippen LogP contribution >= 0.6 is 0 Å². The van der Waals surface area contributed by atoms with Crippen LogP contribution in [0, 0.1) is 0 Å². The second kappa shape index (κ2) is 7.12. The van der Waals surface area contributed by atoms with E-state index in [1.165, 1.54) is 29.4 Å². The van der Waals surface area contributed by atoms with Crippen LogP contribution in [-0.4, -0.2) is 31.2 Å². The lowest BCUT2D eigenvalue weighted by molar-refractivity contribution is 0.414. The molecule has 0 aliphatic heterocycles. The lowest BCUT2D eigenvalue weighted by atomic mass is 10.1. The van der Waals surface area contributed by atoms with Gasteiger partial charge in [0.2, 0.25) is 5.96 Å². The van der Waals surface area contributed by atoms with Gasteiger partial charge in [0.1, 0.15) is 5.75 Å². The van der Waals surface area contributed by atoms with Gasteiger partial charge in [-0.25, -0.2) is 12.4 Å². The Kier molecular flexibility index (Phi) is 4.87. The van der Waals surface area contributed by atoms with Crippen LogP contribution in [0.4, 0.5) is 0 Å². The summed E-state index contributed by atoms with van der Waals surface area (Å²) in [4.78, 5) is 0.148. The van der Waals surface area contributed by atoms with E-state index in [1.807, 2.05) is 12.1 Å². The molecule has 0 aliphatic carbocycles. The van der Waals surface area contributed by atoms with E-state index in [-0.39, 0.29) is 10.9 Å². The highest BCUT2D eigenvalue weighted by Crippen LogP contribution is 2.27. The number of para-hydroxylation sites is 1. The van der Waals surface area contributed by atoms with E-state index in [2.05, 4.69) is 10.2 Å². The van der Waals surface area contributed by atoms with Gasteiger partial charge < -0.3 is 16.2 Å². The zero-order valence-electron chi connectivity index (χ0n) is 14.8. The maximum atomic E-state index is 13.2. The van der Waals surface area contributed by atoms with Crippen LogP contribution in [0.3, 0.4) is 0 Å². The number of nitrogens with two attached hydrogens (primary N) is 2. The normalized spacial score (nSPS) is 12.1. The minimum atomic E-state index is -3.81. The Bertz CT molecular complexity index is 1140. The zero-order chi connectivity index (χ0) is 19.6. The van der Waals surface area contributed by atoms with Crippen LogP contribution in [0.5, 0.6) is 5.75 Å². The van der Waals surface area contributed by atoms with E-state index in [9.17, 15) is 8.42 Å². The van der Waals surface area contributed by atoms with E-state index >= 15 is 0 Å². The number of rotatable bonds is 5. The van der Waals surface area contributed by atoms with Crippen LogP contribution in [0.1, 0.15) is 12.5 Å². The number of nitrogens with zero attached hydrogens (tertiary/aromatic N) is 3. The number of ether oxygens (including phenoxy) is 1. The largest absolute Gasteiger partial charge is 0.497 e. The van der Waals surface area contributed by atoms with Gasteiger partial charge in [-0.15, -0.1) is 5.10 Å². The topological polar surface area (TPSA) is 125 Å². The first-order valence-electron chi connectivity index (χ1n) is 7.98. The Hall–Kier alpha value is -3.33. The highest BCUT2D eigenvalue weighted by molar-refractivity contribution is 7.90. The summed E-state index contributed by atoms with van der Waals surface area (Å²) < 4.78 is 32.6. The quantitative estimate of drug-likeness (QED) is 0.394. The Morgan fingerprint density at radius 2 is 1.70 bits per heavy atom. The summed E-state index contributed by atoms with van der Waals surface area (Å²) in [5.74, 6) is 0.399. The van der Waals surface area contributed by atoms with E-state index in [4.69, 9.17) is 16.2 Å². The molecule has 8 nitrogen and oxygen atoms in total. The Balaban J connectivity index is 2.20. The molecule has 27 heavy (non-hydrogen) atoms. The smallest absolute Gasteiger partial charge is 0.268 e. The average molecular weight is 385 g/mol. The molecular formula is C18H19N5O3S. The lowest BCUT2D eigenvalue weighted by Crippen LogP contribution is -2.22. The second-order valence-corrected chi connectivity index (χ2v) is 7.56. The first-order valence-corrected chi connectivity index (χ1v) is 9.42. The summed E-state index contributed by atoms with van der Waals surface area (Å²) in [6.45, 7) is 1.71. The molecule has 1 heterocycles. The van der Waals surface area contributed by atoms with Crippen molar-refractivity contribution in [3.05, 3.63) is 60.3 Å². The number of hydrogen-bond acceptors (Lipinski definition) is 5. The molecule has 140 valence electrons. The molecule has 0 radical (unpaired) electrons. The van der Waals surface area contributed by atoms with Crippen molar-refractivity contribution in [1.82, 2.24) is 3.97 Å². The highest BCUT2D eigenvalue weighted by Gasteiger charge is 2.22. The van der Waals surface area contributed by atoms with E-state index < -0.39 is 10.0 Å². The molecule has 0 bridgehead atoms. The van der Waals surface area contributed by atoms with E-state index in [0.717, 1.165) is 5.39 Å². The van der Waals surface area contributed by atoms with Crippen molar-refractivity contribution in [2.24, 2.45) is 21.7 Å². The molecule has 2 aromatic carbocycles. The molecule has 4 N–H and O–H groups in total. The van der Waals surface area contributed by atoms with Gasteiger partial charge in [-0.1, -0.05) is 18.2 Å². The molecule has 0 saturated carbocycles. The third-order valence-corrected chi connectivity index (χ3v) is 5.69. The van der Waals surface area contributed by atoms with Gasteiger partial charge in [0.05, 0.1) is 23.2 Å². The third-order valence-electron chi connectivity index (χ3n) is 4.00.